The Morgan fingerprint density at radius 1 is 1.04 bits per heavy atom. The van der Waals surface area contributed by atoms with E-state index >= 15 is 0 Å². The molecule has 2 N–H and O–H groups in total. The van der Waals surface area contributed by atoms with Gasteiger partial charge < -0.3 is 10.3 Å². The summed E-state index contributed by atoms with van der Waals surface area (Å²) in [5.41, 5.74) is 5.93. The smallest absolute Gasteiger partial charge is 0.145 e. The zero-order chi connectivity index (χ0) is 18.5. The van der Waals surface area contributed by atoms with E-state index in [-0.39, 0.29) is 21.8 Å². The quantitative estimate of drug-likeness (QED) is 0.383. The van der Waals surface area contributed by atoms with Crippen LogP contribution in [0, 0.1) is 4.91 Å². The van der Waals surface area contributed by atoms with Crippen LogP contribution in [0.1, 0.15) is 17.2 Å². The van der Waals surface area contributed by atoms with Crippen LogP contribution in [0.15, 0.2) is 60.0 Å². The van der Waals surface area contributed by atoms with E-state index in [1.54, 1.807) is 18.3 Å². The SMILES string of the molecule is O=Nc1c(Cl)cc(C2Nc3ccccc3-c3ccnc4[nH]cc2c34)cc1Cl. The lowest BCUT2D eigenvalue weighted by Crippen LogP contribution is -2.11. The second-order valence-corrected chi connectivity index (χ2v) is 7.19. The van der Waals surface area contributed by atoms with Crippen LogP contribution in [-0.4, -0.2) is 9.97 Å². The number of hydrogen-bond acceptors (Lipinski definition) is 4. The third-order valence-electron chi connectivity index (χ3n) is 4.90. The van der Waals surface area contributed by atoms with E-state index in [0.29, 0.717) is 0 Å². The number of aromatic amines is 1. The maximum Gasteiger partial charge on any atom is 0.145 e. The minimum Gasteiger partial charge on any atom is -0.374 e. The maximum atomic E-state index is 11.0. The van der Waals surface area contributed by atoms with E-state index in [1.165, 1.54) is 0 Å². The summed E-state index contributed by atoms with van der Waals surface area (Å²) in [6.07, 6.45) is 3.74. The number of pyridine rings is 1. The number of nitroso groups, excluding NO2 is 1. The van der Waals surface area contributed by atoms with E-state index in [1.807, 2.05) is 30.5 Å². The Bertz CT molecular complexity index is 1190. The van der Waals surface area contributed by atoms with E-state index in [9.17, 15) is 4.91 Å². The number of para-hydroxylation sites is 1. The number of hydrogen-bond donors (Lipinski definition) is 2. The van der Waals surface area contributed by atoms with Crippen LogP contribution in [0.5, 0.6) is 0 Å². The average molecular weight is 395 g/mol. The van der Waals surface area contributed by atoms with Crippen LogP contribution in [-0.2, 0) is 0 Å². The zero-order valence-electron chi connectivity index (χ0n) is 13.8. The Morgan fingerprint density at radius 3 is 2.59 bits per heavy atom. The van der Waals surface area contributed by atoms with Crippen LogP contribution in [0.3, 0.4) is 0 Å². The van der Waals surface area contributed by atoms with Crippen LogP contribution in [0.4, 0.5) is 11.4 Å². The molecule has 1 aliphatic heterocycles. The number of halogens is 2. The first kappa shape index (κ1) is 16.3. The van der Waals surface area contributed by atoms with Gasteiger partial charge in [-0.3, -0.25) is 0 Å². The second kappa shape index (κ2) is 6.08. The number of benzene rings is 2. The predicted octanol–water partition coefficient (Wildman–Crippen LogP) is 6.45. The molecule has 27 heavy (non-hydrogen) atoms. The molecule has 0 aliphatic carbocycles. The van der Waals surface area contributed by atoms with Gasteiger partial charge in [-0.2, -0.15) is 0 Å². The normalized spacial score (nSPS) is 15.1. The summed E-state index contributed by atoms with van der Waals surface area (Å²) in [6.45, 7) is 0. The van der Waals surface area contributed by atoms with Gasteiger partial charge >= 0.3 is 0 Å². The van der Waals surface area contributed by atoms with Gasteiger partial charge in [-0.15, -0.1) is 4.91 Å². The fraction of sp³-hybridized carbons (Fsp3) is 0.0500. The summed E-state index contributed by atoms with van der Waals surface area (Å²) in [4.78, 5) is 18.7. The molecule has 5 rings (SSSR count). The Morgan fingerprint density at radius 2 is 1.81 bits per heavy atom. The number of anilines is 1. The number of fused-ring (bicyclic) bond motifs is 2. The van der Waals surface area contributed by atoms with Crippen molar-refractivity contribution in [2.24, 2.45) is 5.18 Å². The monoisotopic (exact) mass is 394 g/mol. The molecule has 0 spiro atoms. The highest BCUT2D eigenvalue weighted by Gasteiger charge is 2.27. The molecule has 132 valence electrons. The van der Waals surface area contributed by atoms with Crippen molar-refractivity contribution < 1.29 is 0 Å². The molecule has 0 bridgehead atoms. The van der Waals surface area contributed by atoms with E-state index in [0.717, 1.165) is 39.0 Å². The highest BCUT2D eigenvalue weighted by atomic mass is 35.5. The average Bonchev–Trinajstić information content (AvgIpc) is 3.03. The van der Waals surface area contributed by atoms with Gasteiger partial charge in [-0.25, -0.2) is 4.98 Å². The number of nitrogens with one attached hydrogen (secondary N) is 2. The van der Waals surface area contributed by atoms with Gasteiger partial charge in [0.05, 0.1) is 16.1 Å². The van der Waals surface area contributed by atoms with E-state index in [4.69, 9.17) is 23.2 Å². The van der Waals surface area contributed by atoms with Crippen LogP contribution >= 0.6 is 23.2 Å². The molecule has 0 radical (unpaired) electrons. The molecule has 4 aromatic rings. The van der Waals surface area contributed by atoms with Gasteiger partial charge in [0.25, 0.3) is 0 Å². The lowest BCUT2D eigenvalue weighted by Gasteiger charge is -2.20. The van der Waals surface area contributed by atoms with Gasteiger partial charge in [0, 0.05) is 34.6 Å². The molecule has 1 atom stereocenters. The summed E-state index contributed by atoms with van der Waals surface area (Å²) in [5, 5.41) is 8.01. The van der Waals surface area contributed by atoms with Gasteiger partial charge in [0.15, 0.2) is 0 Å². The van der Waals surface area contributed by atoms with Gasteiger partial charge in [-0.1, -0.05) is 41.4 Å². The van der Waals surface area contributed by atoms with Gasteiger partial charge in [-0.05, 0) is 40.6 Å². The summed E-state index contributed by atoms with van der Waals surface area (Å²) in [6, 6.07) is 13.4. The standard InChI is InChI=1S/C20H12Cl2N4O/c21-14-7-10(8-15(22)19(14)26-27)18-13-9-24-20-17(13)12(5-6-23-20)11-3-1-2-4-16(11)25-18/h1-9,18,25H,(H,23,24). The molecule has 0 saturated heterocycles. The van der Waals surface area contributed by atoms with Crippen molar-refractivity contribution in [1.29, 1.82) is 0 Å². The van der Waals surface area contributed by atoms with Crippen molar-refractivity contribution in [2.45, 2.75) is 6.04 Å². The fourth-order valence-corrected chi connectivity index (χ4v) is 4.29. The van der Waals surface area contributed by atoms with Crippen molar-refractivity contribution in [1.82, 2.24) is 9.97 Å². The summed E-state index contributed by atoms with van der Waals surface area (Å²) >= 11 is 12.5. The van der Waals surface area contributed by atoms with Crippen molar-refractivity contribution in [2.75, 3.05) is 5.32 Å². The fourth-order valence-electron chi connectivity index (χ4n) is 3.71. The number of nitrogens with zero attached hydrogens (tertiary/aromatic N) is 2. The van der Waals surface area contributed by atoms with Gasteiger partial charge in [0.2, 0.25) is 0 Å². The first-order valence-corrected chi connectivity index (χ1v) is 9.07. The Kier molecular flexibility index (Phi) is 3.67. The topological polar surface area (TPSA) is 70.1 Å². The Labute approximate surface area is 164 Å². The Balaban J connectivity index is 1.81. The third kappa shape index (κ3) is 2.43. The highest BCUT2D eigenvalue weighted by Crippen LogP contribution is 2.45. The summed E-state index contributed by atoms with van der Waals surface area (Å²) in [7, 11) is 0. The van der Waals surface area contributed by atoms with Crippen molar-refractivity contribution >= 4 is 45.6 Å². The highest BCUT2D eigenvalue weighted by molar-refractivity contribution is 6.38. The minimum atomic E-state index is -0.221. The number of H-pyrrole nitrogens is 1. The molecule has 3 heterocycles. The minimum absolute atomic E-state index is 0.0531. The van der Waals surface area contributed by atoms with Gasteiger partial charge in [0.1, 0.15) is 11.3 Å². The second-order valence-electron chi connectivity index (χ2n) is 6.37. The number of rotatable bonds is 2. The first-order chi connectivity index (χ1) is 13.2. The number of aromatic nitrogens is 2. The van der Waals surface area contributed by atoms with E-state index < -0.39 is 0 Å². The largest absolute Gasteiger partial charge is 0.374 e. The van der Waals surface area contributed by atoms with Crippen molar-refractivity contribution in [3.8, 4) is 11.1 Å². The summed E-state index contributed by atoms with van der Waals surface area (Å²) in [5.74, 6) is 0. The lowest BCUT2D eigenvalue weighted by atomic mass is 9.97. The zero-order valence-corrected chi connectivity index (χ0v) is 15.3. The summed E-state index contributed by atoms with van der Waals surface area (Å²) < 4.78 is 0. The molecule has 2 aromatic carbocycles. The lowest BCUT2D eigenvalue weighted by molar-refractivity contribution is 0.953. The molecule has 2 aromatic heterocycles. The molecule has 0 fully saturated rings. The Hall–Kier alpha value is -2.89. The van der Waals surface area contributed by atoms with Crippen molar-refractivity contribution in [3.05, 3.63) is 80.9 Å². The molecule has 7 heteroatoms. The molecule has 0 saturated carbocycles. The molecular weight excluding hydrogens is 383 g/mol. The van der Waals surface area contributed by atoms with Crippen LogP contribution in [0.2, 0.25) is 10.0 Å². The molecule has 5 nitrogen and oxygen atoms in total. The van der Waals surface area contributed by atoms with Crippen LogP contribution in [0.25, 0.3) is 22.2 Å². The van der Waals surface area contributed by atoms with Crippen molar-refractivity contribution in [3.63, 3.8) is 0 Å². The molecular formula is C20H12Cl2N4O. The van der Waals surface area contributed by atoms with E-state index in [2.05, 4.69) is 26.5 Å². The molecule has 0 amide bonds. The molecule has 1 aliphatic rings. The predicted molar refractivity (Wildman–Crippen MR) is 109 cm³/mol. The maximum absolute atomic E-state index is 11.0. The third-order valence-corrected chi connectivity index (χ3v) is 5.47. The molecule has 1 unspecified atom stereocenters. The van der Waals surface area contributed by atoms with Crippen LogP contribution < -0.4 is 5.32 Å². The first-order valence-electron chi connectivity index (χ1n) is 8.31.